The van der Waals surface area contributed by atoms with E-state index < -0.39 is 0 Å². The lowest BCUT2D eigenvalue weighted by Crippen LogP contribution is -2.61. The van der Waals surface area contributed by atoms with Crippen molar-refractivity contribution in [3.8, 4) is 6.07 Å². The predicted molar refractivity (Wildman–Crippen MR) is 94.2 cm³/mol. The van der Waals surface area contributed by atoms with Crippen LogP contribution in [-0.2, 0) is 9.53 Å². The molecule has 1 atom stereocenters. The van der Waals surface area contributed by atoms with E-state index in [1.807, 2.05) is 36.0 Å². The second-order valence-electron chi connectivity index (χ2n) is 7.10. The van der Waals surface area contributed by atoms with Crippen molar-refractivity contribution in [1.29, 1.82) is 5.26 Å². The van der Waals surface area contributed by atoms with Gasteiger partial charge >= 0.3 is 0 Å². The molecule has 1 amide bonds. The first-order valence-electron chi connectivity index (χ1n) is 8.70. The van der Waals surface area contributed by atoms with Crippen molar-refractivity contribution >= 4 is 11.7 Å². The number of hydrogen-bond donors (Lipinski definition) is 0. The fraction of sp³-hybridized carbons (Fsp3) is 0.611. The molecule has 0 N–H and O–H groups in total. The molecular weight excluding hydrogens is 318 g/mol. The van der Waals surface area contributed by atoms with Crippen molar-refractivity contribution in [3.63, 3.8) is 0 Å². The summed E-state index contributed by atoms with van der Waals surface area (Å²) in [5.74, 6) is 0.952. The summed E-state index contributed by atoms with van der Waals surface area (Å²) in [5, 5.41) is 9.07. The van der Waals surface area contributed by atoms with Crippen LogP contribution >= 0.6 is 0 Å². The van der Waals surface area contributed by atoms with Gasteiger partial charge in [0, 0.05) is 13.1 Å². The van der Waals surface area contributed by atoms with E-state index in [1.165, 1.54) is 0 Å². The summed E-state index contributed by atoms with van der Waals surface area (Å²) in [7, 11) is 3.81. The Morgan fingerprint density at radius 1 is 1.40 bits per heavy atom. The molecule has 0 bridgehead atoms. The van der Waals surface area contributed by atoms with Gasteiger partial charge in [-0.15, -0.1) is 0 Å². The maximum Gasteiger partial charge on any atom is 0.236 e. The molecule has 7 nitrogen and oxygen atoms in total. The van der Waals surface area contributed by atoms with E-state index in [0.717, 1.165) is 25.2 Å². The molecular formula is C18H25N5O2. The summed E-state index contributed by atoms with van der Waals surface area (Å²) in [6.07, 6.45) is 1.92. The summed E-state index contributed by atoms with van der Waals surface area (Å²) < 4.78 is 6.16. The van der Waals surface area contributed by atoms with Gasteiger partial charge in [0.2, 0.25) is 5.91 Å². The van der Waals surface area contributed by atoms with Crippen LogP contribution in [0.3, 0.4) is 0 Å². The highest BCUT2D eigenvalue weighted by atomic mass is 16.5. The standard InChI is InChI=1S/C18H25N5O2/c1-21(2)12-17(24)23-9-10-25-18(14-23)7-4-8-22(13-18)16-6-3-5-15(11-19)20-16/h3,5-6H,4,7-10,12-14H2,1-2H3/t18-/m1/s1. The summed E-state index contributed by atoms with van der Waals surface area (Å²) in [6.45, 7) is 3.84. The zero-order chi connectivity index (χ0) is 17.9. The number of pyridine rings is 1. The first-order valence-corrected chi connectivity index (χ1v) is 8.70. The fourth-order valence-corrected chi connectivity index (χ4v) is 3.63. The summed E-state index contributed by atoms with van der Waals surface area (Å²) in [4.78, 5) is 22.8. The molecule has 2 saturated heterocycles. The van der Waals surface area contributed by atoms with Crippen molar-refractivity contribution < 1.29 is 9.53 Å². The van der Waals surface area contributed by atoms with Gasteiger partial charge in [-0.25, -0.2) is 4.98 Å². The summed E-state index contributed by atoms with van der Waals surface area (Å²) >= 11 is 0. The minimum absolute atomic E-state index is 0.148. The highest BCUT2D eigenvalue weighted by molar-refractivity contribution is 5.78. The number of ether oxygens (including phenoxy) is 1. The van der Waals surface area contributed by atoms with E-state index >= 15 is 0 Å². The lowest BCUT2D eigenvalue weighted by Gasteiger charge is -2.48. The molecule has 0 unspecified atom stereocenters. The third-order valence-corrected chi connectivity index (χ3v) is 4.77. The third kappa shape index (κ3) is 4.09. The van der Waals surface area contributed by atoms with Gasteiger partial charge < -0.3 is 19.4 Å². The van der Waals surface area contributed by atoms with Crippen molar-refractivity contribution in [1.82, 2.24) is 14.8 Å². The van der Waals surface area contributed by atoms with E-state index in [9.17, 15) is 4.79 Å². The number of hydrogen-bond acceptors (Lipinski definition) is 6. The number of rotatable bonds is 3. The molecule has 1 aromatic rings. The first-order chi connectivity index (χ1) is 12.0. The Morgan fingerprint density at radius 3 is 3.00 bits per heavy atom. The lowest BCUT2D eigenvalue weighted by atomic mass is 9.90. The number of carbonyl (C=O) groups is 1. The largest absolute Gasteiger partial charge is 0.369 e. The van der Waals surface area contributed by atoms with E-state index in [4.69, 9.17) is 10.00 Å². The van der Waals surface area contributed by atoms with E-state index in [1.54, 1.807) is 6.07 Å². The number of piperidine rings is 1. The number of anilines is 1. The van der Waals surface area contributed by atoms with Crippen molar-refractivity contribution in [3.05, 3.63) is 23.9 Å². The Hall–Kier alpha value is -2.17. The van der Waals surface area contributed by atoms with Crippen molar-refractivity contribution in [2.45, 2.75) is 18.4 Å². The lowest BCUT2D eigenvalue weighted by molar-refractivity contribution is -0.152. The maximum absolute atomic E-state index is 12.4. The second kappa shape index (κ2) is 7.38. The number of nitriles is 1. The van der Waals surface area contributed by atoms with Crippen molar-refractivity contribution in [2.24, 2.45) is 0 Å². The molecule has 0 radical (unpaired) electrons. The summed E-state index contributed by atoms with van der Waals surface area (Å²) in [6, 6.07) is 7.59. The number of likely N-dealkylation sites (N-methyl/N-ethyl adjacent to an activating group) is 1. The average Bonchev–Trinajstić information content (AvgIpc) is 2.61. The number of amides is 1. The van der Waals surface area contributed by atoms with Crippen molar-refractivity contribution in [2.75, 3.05) is 58.3 Å². The van der Waals surface area contributed by atoms with Gasteiger partial charge in [-0.2, -0.15) is 5.26 Å². The molecule has 0 aromatic carbocycles. The zero-order valence-electron chi connectivity index (χ0n) is 14.9. The highest BCUT2D eigenvalue weighted by Crippen LogP contribution is 2.31. The molecule has 1 aromatic heterocycles. The van der Waals surface area contributed by atoms with Gasteiger partial charge in [0.1, 0.15) is 23.2 Å². The maximum atomic E-state index is 12.4. The van der Waals surface area contributed by atoms with Crippen LogP contribution in [0, 0.1) is 11.3 Å². The van der Waals surface area contributed by atoms with Crippen LogP contribution in [0.25, 0.3) is 0 Å². The normalized spacial score (nSPS) is 23.8. The van der Waals surface area contributed by atoms with Crippen LogP contribution in [-0.4, -0.2) is 79.7 Å². The molecule has 0 saturated carbocycles. The van der Waals surface area contributed by atoms with Crippen LogP contribution in [0.4, 0.5) is 5.82 Å². The minimum Gasteiger partial charge on any atom is -0.369 e. The SMILES string of the molecule is CN(C)CC(=O)N1CCO[C@@]2(CCCN(c3cccc(C#N)n3)C2)C1. The van der Waals surface area contributed by atoms with Gasteiger partial charge in [0.05, 0.1) is 26.2 Å². The topological polar surface area (TPSA) is 72.7 Å². The van der Waals surface area contributed by atoms with E-state index in [2.05, 4.69) is 16.0 Å². The number of morpholine rings is 1. The molecule has 2 aliphatic rings. The fourth-order valence-electron chi connectivity index (χ4n) is 3.63. The molecule has 25 heavy (non-hydrogen) atoms. The van der Waals surface area contributed by atoms with Gasteiger partial charge in [-0.1, -0.05) is 6.07 Å². The Bertz CT molecular complexity index is 668. The first kappa shape index (κ1) is 17.6. The Balaban J connectivity index is 1.73. The number of aromatic nitrogens is 1. The van der Waals surface area contributed by atoms with Crippen LogP contribution in [0.15, 0.2) is 18.2 Å². The third-order valence-electron chi connectivity index (χ3n) is 4.77. The van der Waals surface area contributed by atoms with Crippen LogP contribution in [0.5, 0.6) is 0 Å². The van der Waals surface area contributed by atoms with Gasteiger partial charge in [-0.05, 0) is 39.1 Å². The van der Waals surface area contributed by atoms with Crippen LogP contribution < -0.4 is 4.90 Å². The molecule has 2 aliphatic heterocycles. The molecule has 134 valence electrons. The highest BCUT2D eigenvalue weighted by Gasteiger charge is 2.42. The van der Waals surface area contributed by atoms with Crippen LogP contribution in [0.2, 0.25) is 0 Å². The van der Waals surface area contributed by atoms with E-state index in [0.29, 0.717) is 38.5 Å². The molecule has 3 heterocycles. The molecule has 2 fully saturated rings. The molecule has 3 rings (SSSR count). The molecule has 7 heteroatoms. The van der Waals surface area contributed by atoms with Crippen LogP contribution in [0.1, 0.15) is 18.5 Å². The average molecular weight is 343 g/mol. The Kier molecular flexibility index (Phi) is 5.21. The zero-order valence-corrected chi connectivity index (χ0v) is 14.9. The van der Waals surface area contributed by atoms with Gasteiger partial charge in [-0.3, -0.25) is 4.79 Å². The summed E-state index contributed by atoms with van der Waals surface area (Å²) in [5.41, 5.74) is 0.0764. The smallest absolute Gasteiger partial charge is 0.236 e. The molecule has 0 aliphatic carbocycles. The quantitative estimate of drug-likeness (QED) is 0.805. The number of nitrogens with zero attached hydrogens (tertiary/aromatic N) is 5. The Morgan fingerprint density at radius 2 is 2.24 bits per heavy atom. The second-order valence-corrected chi connectivity index (χ2v) is 7.10. The minimum atomic E-state index is -0.344. The monoisotopic (exact) mass is 343 g/mol. The molecule has 1 spiro atoms. The number of carbonyl (C=O) groups excluding carboxylic acids is 1. The Labute approximate surface area is 148 Å². The van der Waals surface area contributed by atoms with Gasteiger partial charge in [0.25, 0.3) is 0 Å². The van der Waals surface area contributed by atoms with Gasteiger partial charge in [0.15, 0.2) is 0 Å². The predicted octanol–water partition coefficient (Wildman–Crippen LogP) is 0.713. The van der Waals surface area contributed by atoms with E-state index in [-0.39, 0.29) is 11.5 Å².